The maximum atomic E-state index is 11.8. The Hall–Kier alpha value is -2.28. The van der Waals surface area contributed by atoms with Crippen LogP contribution in [0.4, 0.5) is 4.79 Å². The molecule has 1 saturated heterocycles. The molecule has 7 heteroatoms. The highest BCUT2D eigenvalue weighted by molar-refractivity contribution is 5.80. The van der Waals surface area contributed by atoms with Crippen LogP contribution in [0.3, 0.4) is 0 Å². The van der Waals surface area contributed by atoms with Gasteiger partial charge in [-0.05, 0) is 38.9 Å². The van der Waals surface area contributed by atoms with Crippen LogP contribution in [-0.4, -0.2) is 56.3 Å². The Balaban J connectivity index is 1.73. The minimum absolute atomic E-state index is 0.145. The number of urea groups is 1. The predicted molar refractivity (Wildman–Crippen MR) is 99.1 cm³/mol. The van der Waals surface area contributed by atoms with Crippen molar-refractivity contribution < 1.29 is 19.1 Å². The maximum Gasteiger partial charge on any atom is 0.325 e. The molecule has 2 rings (SSSR count). The summed E-state index contributed by atoms with van der Waals surface area (Å²) in [4.78, 5) is 25.4. The SMILES string of the molecule is CCOC(=O)CNC(=O)NCc1ccccc1OCCN1CCCCC1. The van der Waals surface area contributed by atoms with Gasteiger partial charge in [-0.2, -0.15) is 0 Å². The highest BCUT2D eigenvalue weighted by Gasteiger charge is 2.11. The third-order valence-electron chi connectivity index (χ3n) is 4.22. The van der Waals surface area contributed by atoms with E-state index in [9.17, 15) is 9.59 Å². The van der Waals surface area contributed by atoms with Gasteiger partial charge >= 0.3 is 12.0 Å². The van der Waals surface area contributed by atoms with E-state index in [1.54, 1.807) is 6.92 Å². The molecule has 0 aliphatic carbocycles. The number of nitrogens with one attached hydrogen (secondary N) is 2. The number of likely N-dealkylation sites (tertiary alicyclic amines) is 1. The number of hydrogen-bond acceptors (Lipinski definition) is 5. The van der Waals surface area contributed by atoms with Gasteiger partial charge in [0.25, 0.3) is 0 Å². The third kappa shape index (κ3) is 7.31. The summed E-state index contributed by atoms with van der Waals surface area (Å²) in [6.07, 6.45) is 3.85. The van der Waals surface area contributed by atoms with Gasteiger partial charge in [-0.3, -0.25) is 9.69 Å². The van der Waals surface area contributed by atoms with E-state index in [1.165, 1.54) is 19.3 Å². The lowest BCUT2D eigenvalue weighted by Crippen LogP contribution is -2.38. The van der Waals surface area contributed by atoms with Gasteiger partial charge in [0.05, 0.1) is 6.61 Å². The van der Waals surface area contributed by atoms with E-state index in [-0.39, 0.29) is 6.54 Å². The molecular weight excluding hydrogens is 334 g/mol. The zero-order chi connectivity index (χ0) is 18.6. The standard InChI is InChI=1S/C19H29N3O4/c1-2-25-18(23)15-21-19(24)20-14-16-8-4-5-9-17(16)26-13-12-22-10-6-3-7-11-22/h4-5,8-9H,2-3,6-7,10-15H2,1H3,(H2,20,21,24). The van der Waals surface area contributed by atoms with E-state index >= 15 is 0 Å². The van der Waals surface area contributed by atoms with E-state index in [2.05, 4.69) is 15.5 Å². The van der Waals surface area contributed by atoms with Crippen molar-refractivity contribution in [1.29, 1.82) is 0 Å². The molecule has 0 saturated carbocycles. The summed E-state index contributed by atoms with van der Waals surface area (Å²) in [6, 6.07) is 7.23. The molecule has 1 aliphatic heterocycles. The number of ether oxygens (including phenoxy) is 2. The largest absolute Gasteiger partial charge is 0.492 e. The van der Waals surface area contributed by atoms with Crippen LogP contribution in [0.15, 0.2) is 24.3 Å². The Labute approximate surface area is 155 Å². The summed E-state index contributed by atoms with van der Waals surface area (Å²) in [7, 11) is 0. The number of amides is 2. The topological polar surface area (TPSA) is 79.9 Å². The average molecular weight is 363 g/mol. The van der Waals surface area contributed by atoms with Gasteiger partial charge in [-0.25, -0.2) is 4.79 Å². The molecule has 1 fully saturated rings. The molecule has 0 atom stereocenters. The second-order valence-corrected chi connectivity index (χ2v) is 6.20. The Kier molecular flexibility index (Phi) is 8.75. The van der Waals surface area contributed by atoms with Crippen molar-refractivity contribution in [2.45, 2.75) is 32.7 Å². The lowest BCUT2D eigenvalue weighted by molar-refractivity contribution is -0.141. The number of carbonyl (C=O) groups is 2. The van der Waals surface area contributed by atoms with Gasteiger partial charge < -0.3 is 20.1 Å². The first-order valence-corrected chi connectivity index (χ1v) is 9.29. The normalized spacial score (nSPS) is 14.5. The van der Waals surface area contributed by atoms with Crippen LogP contribution in [0.2, 0.25) is 0 Å². The summed E-state index contributed by atoms with van der Waals surface area (Å²) in [6.45, 7) is 6.04. The molecule has 1 aliphatic rings. The lowest BCUT2D eigenvalue weighted by Gasteiger charge is -2.26. The fourth-order valence-corrected chi connectivity index (χ4v) is 2.86. The van der Waals surface area contributed by atoms with Crippen LogP contribution in [0.1, 0.15) is 31.7 Å². The highest BCUT2D eigenvalue weighted by atomic mass is 16.5. The van der Waals surface area contributed by atoms with Crippen LogP contribution < -0.4 is 15.4 Å². The third-order valence-corrected chi connectivity index (χ3v) is 4.22. The van der Waals surface area contributed by atoms with Crippen LogP contribution in [0, 0.1) is 0 Å². The monoisotopic (exact) mass is 363 g/mol. The molecule has 0 unspecified atom stereocenters. The molecule has 1 aromatic rings. The molecule has 2 amide bonds. The molecule has 26 heavy (non-hydrogen) atoms. The fraction of sp³-hybridized carbons (Fsp3) is 0.579. The molecule has 1 aromatic carbocycles. The number of benzene rings is 1. The van der Waals surface area contributed by atoms with Gasteiger partial charge in [0.2, 0.25) is 0 Å². The van der Waals surface area contributed by atoms with E-state index in [1.807, 2.05) is 24.3 Å². The summed E-state index contributed by atoms with van der Waals surface area (Å²) in [5, 5.41) is 5.20. The second kappa shape index (κ2) is 11.4. The van der Waals surface area contributed by atoms with Crippen molar-refractivity contribution in [3.63, 3.8) is 0 Å². The number of carbonyl (C=O) groups excluding carboxylic acids is 2. The minimum Gasteiger partial charge on any atom is -0.492 e. The Morgan fingerprint density at radius 3 is 2.65 bits per heavy atom. The Morgan fingerprint density at radius 2 is 1.88 bits per heavy atom. The van der Waals surface area contributed by atoms with E-state index in [0.717, 1.165) is 30.9 Å². The molecule has 0 radical (unpaired) electrons. The molecule has 2 N–H and O–H groups in total. The molecular formula is C19H29N3O4. The van der Waals surface area contributed by atoms with Crippen molar-refractivity contribution in [3.05, 3.63) is 29.8 Å². The zero-order valence-corrected chi connectivity index (χ0v) is 15.5. The van der Waals surface area contributed by atoms with Crippen LogP contribution >= 0.6 is 0 Å². The van der Waals surface area contributed by atoms with Gasteiger partial charge in [0.15, 0.2) is 0 Å². The molecule has 0 spiro atoms. The number of para-hydroxylation sites is 1. The number of piperidine rings is 1. The van der Waals surface area contributed by atoms with Gasteiger partial charge in [0.1, 0.15) is 18.9 Å². The average Bonchev–Trinajstić information content (AvgIpc) is 2.67. The smallest absolute Gasteiger partial charge is 0.325 e. The molecule has 0 bridgehead atoms. The van der Waals surface area contributed by atoms with E-state index in [4.69, 9.17) is 9.47 Å². The van der Waals surface area contributed by atoms with E-state index < -0.39 is 12.0 Å². The molecule has 7 nitrogen and oxygen atoms in total. The Morgan fingerprint density at radius 1 is 1.12 bits per heavy atom. The predicted octanol–water partition coefficient (Wildman–Crippen LogP) is 1.91. The fourth-order valence-electron chi connectivity index (χ4n) is 2.86. The van der Waals surface area contributed by atoms with Crippen LogP contribution in [0.5, 0.6) is 5.75 Å². The maximum absolute atomic E-state index is 11.8. The van der Waals surface area contributed by atoms with E-state index in [0.29, 0.717) is 19.8 Å². The summed E-state index contributed by atoms with van der Waals surface area (Å²) in [5.41, 5.74) is 0.900. The second-order valence-electron chi connectivity index (χ2n) is 6.20. The van der Waals surface area contributed by atoms with Crippen LogP contribution in [-0.2, 0) is 16.1 Å². The molecule has 0 aromatic heterocycles. The van der Waals surface area contributed by atoms with Crippen molar-refractivity contribution in [1.82, 2.24) is 15.5 Å². The molecule has 144 valence electrons. The summed E-state index contributed by atoms with van der Waals surface area (Å²) < 4.78 is 10.7. The van der Waals surface area contributed by atoms with Gasteiger partial charge in [-0.1, -0.05) is 24.6 Å². The quantitative estimate of drug-likeness (QED) is 0.655. The van der Waals surface area contributed by atoms with Crippen LogP contribution in [0.25, 0.3) is 0 Å². The minimum atomic E-state index is -0.455. The van der Waals surface area contributed by atoms with Gasteiger partial charge in [0, 0.05) is 18.7 Å². The summed E-state index contributed by atoms with van der Waals surface area (Å²) >= 11 is 0. The number of rotatable bonds is 9. The van der Waals surface area contributed by atoms with Crippen molar-refractivity contribution in [3.8, 4) is 5.75 Å². The molecule has 1 heterocycles. The number of hydrogen-bond donors (Lipinski definition) is 2. The summed E-state index contributed by atoms with van der Waals surface area (Å²) in [5.74, 6) is 0.319. The van der Waals surface area contributed by atoms with Crippen molar-refractivity contribution in [2.24, 2.45) is 0 Å². The van der Waals surface area contributed by atoms with Crippen molar-refractivity contribution in [2.75, 3.05) is 39.4 Å². The highest BCUT2D eigenvalue weighted by Crippen LogP contribution is 2.18. The first kappa shape index (κ1) is 20.0. The zero-order valence-electron chi connectivity index (χ0n) is 15.5. The first-order chi connectivity index (χ1) is 12.7. The first-order valence-electron chi connectivity index (χ1n) is 9.29. The number of nitrogens with zero attached hydrogens (tertiary/aromatic N) is 1. The lowest BCUT2D eigenvalue weighted by atomic mass is 10.1. The number of esters is 1. The van der Waals surface area contributed by atoms with Gasteiger partial charge in [-0.15, -0.1) is 0 Å². The Bertz CT molecular complexity index is 574. The van der Waals surface area contributed by atoms with Crippen molar-refractivity contribution >= 4 is 12.0 Å².